The summed E-state index contributed by atoms with van der Waals surface area (Å²) in [5, 5.41) is 6.20. The molecule has 0 aromatic heterocycles. The fraction of sp³-hybridized carbons (Fsp3) is 0.500. The number of carbonyl (C=O) groups excluding carboxylic acids is 1. The second kappa shape index (κ2) is 5.48. The molecule has 0 radical (unpaired) electrons. The van der Waals surface area contributed by atoms with E-state index in [1.54, 1.807) is 7.11 Å². The number of hydrogen-bond acceptors (Lipinski definition) is 3. The largest absolute Gasteiger partial charge is 0.383 e. The number of guanidine groups is 1. The second-order valence-electron chi connectivity index (χ2n) is 5.73. The predicted molar refractivity (Wildman–Crippen MR) is 81.2 cm³/mol. The molecule has 2 N–H and O–H groups in total. The Bertz CT molecular complexity index is 585. The molecule has 1 aromatic rings. The van der Waals surface area contributed by atoms with Crippen LogP contribution in [0.25, 0.3) is 0 Å². The molecule has 1 aromatic carbocycles. The van der Waals surface area contributed by atoms with Gasteiger partial charge in [-0.1, -0.05) is 31.2 Å². The summed E-state index contributed by atoms with van der Waals surface area (Å²) in [4.78, 5) is 16.9. The minimum Gasteiger partial charge on any atom is -0.383 e. The van der Waals surface area contributed by atoms with Gasteiger partial charge >= 0.3 is 0 Å². The highest BCUT2D eigenvalue weighted by atomic mass is 16.5. The summed E-state index contributed by atoms with van der Waals surface area (Å²) in [7, 11) is 1.64. The minimum atomic E-state index is -0.658. The van der Waals surface area contributed by atoms with E-state index in [2.05, 4.69) is 34.7 Å². The highest BCUT2D eigenvalue weighted by molar-refractivity contribution is 6.09. The average Bonchev–Trinajstić information content (AvgIpc) is 2.81. The average molecular weight is 287 g/mol. The molecule has 0 bridgehead atoms. The Hall–Kier alpha value is -1.88. The molecule has 112 valence electrons. The van der Waals surface area contributed by atoms with Gasteiger partial charge in [-0.15, -0.1) is 0 Å². The van der Waals surface area contributed by atoms with Crippen LogP contribution in [0.5, 0.6) is 0 Å². The van der Waals surface area contributed by atoms with Crippen molar-refractivity contribution in [2.24, 2.45) is 4.99 Å². The SMILES string of the molecule is COCCN=C1NC(=O)C2(CCC(C)c3ccccc32)N1. The molecule has 1 amide bonds. The van der Waals surface area contributed by atoms with Crippen molar-refractivity contribution in [2.45, 2.75) is 31.2 Å². The molecule has 2 aliphatic rings. The molecule has 1 fully saturated rings. The minimum absolute atomic E-state index is 0.00184. The Labute approximate surface area is 124 Å². The number of ether oxygens (including phenoxy) is 1. The first-order valence-corrected chi connectivity index (χ1v) is 7.40. The number of methoxy groups -OCH3 is 1. The smallest absolute Gasteiger partial charge is 0.257 e. The summed E-state index contributed by atoms with van der Waals surface area (Å²) in [6.45, 7) is 3.29. The number of aliphatic imine (C=N–C) groups is 1. The molecule has 21 heavy (non-hydrogen) atoms. The first-order chi connectivity index (χ1) is 10.2. The monoisotopic (exact) mass is 287 g/mol. The second-order valence-corrected chi connectivity index (χ2v) is 5.73. The van der Waals surface area contributed by atoms with Crippen molar-refractivity contribution < 1.29 is 9.53 Å². The van der Waals surface area contributed by atoms with Crippen LogP contribution >= 0.6 is 0 Å². The summed E-state index contributed by atoms with van der Waals surface area (Å²) < 4.78 is 4.99. The number of nitrogens with zero attached hydrogens (tertiary/aromatic N) is 1. The van der Waals surface area contributed by atoms with Gasteiger partial charge in [-0.25, -0.2) is 0 Å². The predicted octanol–water partition coefficient (Wildman–Crippen LogP) is 1.50. The zero-order chi connectivity index (χ0) is 14.9. The van der Waals surface area contributed by atoms with Crippen molar-refractivity contribution in [3.8, 4) is 0 Å². The Kier molecular flexibility index (Phi) is 3.68. The standard InChI is InChI=1S/C16H21N3O2/c1-11-7-8-16(13-6-4-3-5-12(11)13)14(20)18-15(19-16)17-9-10-21-2/h3-6,11H,7-10H2,1-2H3,(H2,17,18,19,20). The maximum Gasteiger partial charge on any atom is 0.257 e. The van der Waals surface area contributed by atoms with Gasteiger partial charge in [0.15, 0.2) is 5.96 Å². The van der Waals surface area contributed by atoms with Crippen LogP contribution in [-0.2, 0) is 15.1 Å². The van der Waals surface area contributed by atoms with Gasteiger partial charge in [0.1, 0.15) is 5.54 Å². The van der Waals surface area contributed by atoms with Crippen LogP contribution in [-0.4, -0.2) is 32.1 Å². The van der Waals surface area contributed by atoms with Crippen molar-refractivity contribution in [1.82, 2.24) is 10.6 Å². The van der Waals surface area contributed by atoms with Crippen LogP contribution in [0.1, 0.15) is 36.8 Å². The lowest BCUT2D eigenvalue weighted by molar-refractivity contribution is -0.124. The third-order valence-corrected chi connectivity index (χ3v) is 4.42. The molecule has 1 aliphatic carbocycles. The van der Waals surface area contributed by atoms with Crippen molar-refractivity contribution >= 4 is 11.9 Å². The molecule has 1 aliphatic heterocycles. The van der Waals surface area contributed by atoms with Crippen LogP contribution < -0.4 is 10.6 Å². The highest BCUT2D eigenvalue weighted by Crippen LogP contribution is 2.42. The van der Waals surface area contributed by atoms with Gasteiger partial charge in [-0.05, 0) is 29.9 Å². The zero-order valence-corrected chi connectivity index (χ0v) is 12.5. The van der Waals surface area contributed by atoms with Crippen molar-refractivity contribution in [3.05, 3.63) is 35.4 Å². The van der Waals surface area contributed by atoms with E-state index in [-0.39, 0.29) is 5.91 Å². The Morgan fingerprint density at radius 2 is 2.24 bits per heavy atom. The van der Waals surface area contributed by atoms with Gasteiger partial charge in [-0.2, -0.15) is 0 Å². The Balaban J connectivity index is 1.93. The molecule has 3 rings (SSSR count). The molecule has 1 saturated heterocycles. The van der Waals surface area contributed by atoms with E-state index in [0.717, 1.165) is 18.4 Å². The third kappa shape index (κ3) is 2.31. The van der Waals surface area contributed by atoms with Gasteiger partial charge in [0.2, 0.25) is 0 Å². The maximum atomic E-state index is 12.6. The Morgan fingerprint density at radius 3 is 3.05 bits per heavy atom. The quantitative estimate of drug-likeness (QED) is 0.828. The molecular weight excluding hydrogens is 266 g/mol. The van der Waals surface area contributed by atoms with Crippen LogP contribution in [0.3, 0.4) is 0 Å². The summed E-state index contributed by atoms with van der Waals surface area (Å²) >= 11 is 0. The molecule has 2 atom stereocenters. The first-order valence-electron chi connectivity index (χ1n) is 7.40. The van der Waals surface area contributed by atoms with Gasteiger partial charge in [0.05, 0.1) is 13.2 Å². The number of nitrogens with one attached hydrogen (secondary N) is 2. The zero-order valence-electron chi connectivity index (χ0n) is 12.5. The molecule has 1 spiro atoms. The molecule has 5 nitrogen and oxygen atoms in total. The van der Waals surface area contributed by atoms with Crippen LogP contribution in [0.4, 0.5) is 0 Å². The van der Waals surface area contributed by atoms with E-state index >= 15 is 0 Å². The van der Waals surface area contributed by atoms with E-state index in [1.807, 2.05) is 12.1 Å². The van der Waals surface area contributed by atoms with E-state index < -0.39 is 5.54 Å². The van der Waals surface area contributed by atoms with Crippen LogP contribution in [0, 0.1) is 0 Å². The summed E-state index contributed by atoms with van der Waals surface area (Å²) in [6, 6.07) is 8.20. The van der Waals surface area contributed by atoms with Crippen LogP contribution in [0.15, 0.2) is 29.3 Å². The molecule has 5 heteroatoms. The fourth-order valence-electron chi connectivity index (χ4n) is 3.24. The lowest BCUT2D eigenvalue weighted by Crippen LogP contribution is -2.46. The molecule has 2 unspecified atom stereocenters. The van der Waals surface area contributed by atoms with Gasteiger partial charge < -0.3 is 10.1 Å². The van der Waals surface area contributed by atoms with Gasteiger partial charge in [0.25, 0.3) is 5.91 Å². The highest BCUT2D eigenvalue weighted by Gasteiger charge is 2.49. The molecule has 0 saturated carbocycles. The summed E-state index contributed by atoms with van der Waals surface area (Å²) in [5.41, 5.74) is 1.68. The summed E-state index contributed by atoms with van der Waals surface area (Å²) in [6.07, 6.45) is 1.78. The topological polar surface area (TPSA) is 62.7 Å². The first kappa shape index (κ1) is 14.1. The lowest BCUT2D eigenvalue weighted by atomic mass is 9.72. The van der Waals surface area contributed by atoms with Gasteiger partial charge in [0, 0.05) is 7.11 Å². The number of rotatable bonds is 3. The fourth-order valence-corrected chi connectivity index (χ4v) is 3.24. The van der Waals surface area contributed by atoms with Crippen molar-refractivity contribution in [1.29, 1.82) is 0 Å². The number of amides is 1. The van der Waals surface area contributed by atoms with Crippen molar-refractivity contribution in [2.75, 3.05) is 20.3 Å². The molecule has 1 heterocycles. The van der Waals surface area contributed by atoms with Crippen molar-refractivity contribution in [3.63, 3.8) is 0 Å². The normalized spacial score (nSPS) is 29.3. The van der Waals surface area contributed by atoms with E-state index in [0.29, 0.717) is 25.0 Å². The van der Waals surface area contributed by atoms with E-state index in [1.165, 1.54) is 5.56 Å². The maximum absolute atomic E-state index is 12.6. The van der Waals surface area contributed by atoms with E-state index in [4.69, 9.17) is 4.74 Å². The van der Waals surface area contributed by atoms with E-state index in [9.17, 15) is 4.79 Å². The summed E-state index contributed by atoms with van der Waals surface area (Å²) in [5.74, 6) is 1.04. The number of benzene rings is 1. The molecular formula is C16H21N3O2. The number of hydrogen-bond donors (Lipinski definition) is 2. The van der Waals surface area contributed by atoms with Crippen LogP contribution in [0.2, 0.25) is 0 Å². The number of fused-ring (bicyclic) bond motifs is 2. The van der Waals surface area contributed by atoms with Gasteiger partial charge in [-0.3, -0.25) is 15.1 Å². The lowest BCUT2D eigenvalue weighted by Gasteiger charge is -2.36. The third-order valence-electron chi connectivity index (χ3n) is 4.42. The Morgan fingerprint density at radius 1 is 1.43 bits per heavy atom. The number of carbonyl (C=O) groups is 1.